The van der Waals surface area contributed by atoms with Crippen LogP contribution in [0.1, 0.15) is 93.0 Å². The van der Waals surface area contributed by atoms with Gasteiger partial charge in [-0.1, -0.05) is 51.2 Å². The normalized spacial score (nSPS) is 19.3. The molecule has 2 aliphatic carbocycles. The number of carbonyl (C=O) groups is 1. The summed E-state index contributed by atoms with van der Waals surface area (Å²) in [6.45, 7) is 5.95. The maximum atomic E-state index is 11.9. The Balaban J connectivity index is 1.79. The quantitative estimate of drug-likeness (QED) is 0.631. The summed E-state index contributed by atoms with van der Waals surface area (Å²) in [5.74, 6) is 0.230. The Hall–Kier alpha value is -2.07. The highest BCUT2D eigenvalue weighted by atomic mass is 16.3. The van der Waals surface area contributed by atoms with Crippen LogP contribution in [0.4, 0.5) is 0 Å². The lowest BCUT2D eigenvalue weighted by atomic mass is 9.84. The highest BCUT2D eigenvalue weighted by Crippen LogP contribution is 2.49. The lowest BCUT2D eigenvalue weighted by Crippen LogP contribution is -2.17. The van der Waals surface area contributed by atoms with E-state index in [0.29, 0.717) is 11.6 Å². The van der Waals surface area contributed by atoms with E-state index in [4.69, 9.17) is 5.73 Å². The van der Waals surface area contributed by atoms with E-state index in [1.165, 1.54) is 50.5 Å². The molecule has 0 spiro atoms. The topological polar surface area (TPSA) is 79.1 Å². The summed E-state index contributed by atoms with van der Waals surface area (Å²) in [5, 5.41) is 10.7. The fourth-order valence-corrected chi connectivity index (χ4v) is 4.69. The molecule has 1 amide bonds. The molecule has 2 saturated carbocycles. The van der Waals surface area contributed by atoms with E-state index in [2.05, 4.69) is 30.1 Å². The molecule has 0 unspecified atom stereocenters. The second-order valence-electron chi connectivity index (χ2n) is 10.1. The number of aromatic nitrogens is 1. The molecular formula is C25H34N2O2. The van der Waals surface area contributed by atoms with Gasteiger partial charge in [-0.05, 0) is 73.3 Å². The van der Waals surface area contributed by atoms with Crippen molar-refractivity contribution in [3.05, 3.63) is 46.8 Å². The summed E-state index contributed by atoms with van der Waals surface area (Å²) in [6.07, 6.45) is 9.71. The van der Waals surface area contributed by atoms with Crippen molar-refractivity contribution in [1.82, 2.24) is 4.98 Å². The lowest BCUT2D eigenvalue weighted by Gasteiger charge is -2.23. The van der Waals surface area contributed by atoms with Crippen molar-refractivity contribution in [3.8, 4) is 11.1 Å². The van der Waals surface area contributed by atoms with Crippen molar-refractivity contribution in [2.75, 3.05) is 0 Å². The van der Waals surface area contributed by atoms with Gasteiger partial charge in [-0.2, -0.15) is 0 Å². The van der Waals surface area contributed by atoms with E-state index in [0.717, 1.165) is 28.8 Å². The van der Waals surface area contributed by atoms with Crippen molar-refractivity contribution in [1.29, 1.82) is 0 Å². The minimum Gasteiger partial charge on any atom is -0.386 e. The van der Waals surface area contributed by atoms with Crippen LogP contribution in [0.5, 0.6) is 0 Å². The van der Waals surface area contributed by atoms with Crippen LogP contribution in [-0.2, 0) is 17.4 Å². The van der Waals surface area contributed by atoms with Crippen LogP contribution >= 0.6 is 0 Å². The van der Waals surface area contributed by atoms with E-state index in [9.17, 15) is 9.90 Å². The molecule has 156 valence electrons. The molecule has 1 aromatic carbocycles. The van der Waals surface area contributed by atoms with Crippen molar-refractivity contribution < 1.29 is 9.90 Å². The zero-order valence-electron chi connectivity index (χ0n) is 18.0. The number of nitrogens with one attached hydrogen (secondary N) is 1. The summed E-state index contributed by atoms with van der Waals surface area (Å²) < 4.78 is 0. The molecule has 4 heteroatoms. The number of aromatic amines is 1. The first-order valence-electron chi connectivity index (χ1n) is 11.1. The number of hydrogen-bond donors (Lipinski definition) is 3. The average Bonchev–Trinajstić information content (AvgIpc) is 3.28. The van der Waals surface area contributed by atoms with Crippen LogP contribution in [-0.4, -0.2) is 16.0 Å². The van der Waals surface area contributed by atoms with Crippen molar-refractivity contribution in [2.24, 2.45) is 11.7 Å². The zero-order valence-corrected chi connectivity index (χ0v) is 18.0. The van der Waals surface area contributed by atoms with E-state index >= 15 is 0 Å². The van der Waals surface area contributed by atoms with Crippen LogP contribution in [0.3, 0.4) is 0 Å². The lowest BCUT2D eigenvalue weighted by molar-refractivity contribution is 0.0785. The summed E-state index contributed by atoms with van der Waals surface area (Å²) in [7, 11) is 0. The molecule has 2 aromatic rings. The van der Waals surface area contributed by atoms with Gasteiger partial charge in [0.1, 0.15) is 5.69 Å². The highest BCUT2D eigenvalue weighted by Gasteiger charge is 2.40. The Morgan fingerprint density at radius 1 is 1.17 bits per heavy atom. The van der Waals surface area contributed by atoms with Gasteiger partial charge in [-0.25, -0.2) is 0 Å². The van der Waals surface area contributed by atoms with Gasteiger partial charge in [0.2, 0.25) is 0 Å². The average molecular weight is 395 g/mol. The molecule has 4 rings (SSSR count). The van der Waals surface area contributed by atoms with Gasteiger partial charge in [0.25, 0.3) is 5.91 Å². The van der Waals surface area contributed by atoms with Gasteiger partial charge in [0.05, 0.1) is 5.60 Å². The van der Waals surface area contributed by atoms with Gasteiger partial charge in [0, 0.05) is 11.3 Å². The predicted molar refractivity (Wildman–Crippen MR) is 117 cm³/mol. The SMILES string of the molecule is CC(C)(O)c1cc(-c2cc(C(N)=O)[nH]c2CC2CCCCC2)cc(C2(C)CC2)c1. The number of carbonyl (C=O) groups excluding carboxylic acids is 1. The Labute approximate surface area is 173 Å². The molecule has 0 aliphatic heterocycles. The Bertz CT molecular complexity index is 886. The molecule has 0 saturated heterocycles. The molecule has 0 bridgehead atoms. The van der Waals surface area contributed by atoms with E-state index < -0.39 is 11.5 Å². The Morgan fingerprint density at radius 3 is 2.45 bits per heavy atom. The fourth-order valence-electron chi connectivity index (χ4n) is 4.69. The van der Waals surface area contributed by atoms with Crippen molar-refractivity contribution in [2.45, 2.75) is 83.2 Å². The molecule has 0 atom stereocenters. The Morgan fingerprint density at radius 2 is 1.86 bits per heavy atom. The molecule has 1 heterocycles. The molecule has 2 fully saturated rings. The van der Waals surface area contributed by atoms with Crippen LogP contribution in [0.2, 0.25) is 0 Å². The van der Waals surface area contributed by atoms with E-state index in [1.54, 1.807) is 0 Å². The maximum absolute atomic E-state index is 11.9. The molecule has 1 aromatic heterocycles. The first-order valence-corrected chi connectivity index (χ1v) is 11.1. The fraction of sp³-hybridized carbons (Fsp3) is 0.560. The van der Waals surface area contributed by atoms with Crippen LogP contribution in [0.25, 0.3) is 11.1 Å². The number of H-pyrrole nitrogens is 1. The van der Waals surface area contributed by atoms with Gasteiger partial charge in [-0.15, -0.1) is 0 Å². The van der Waals surface area contributed by atoms with Crippen molar-refractivity contribution >= 4 is 5.91 Å². The number of aliphatic hydroxyl groups is 1. The first-order chi connectivity index (χ1) is 13.7. The molecule has 4 N–H and O–H groups in total. The molecule has 2 aliphatic rings. The number of amides is 1. The Kier molecular flexibility index (Phi) is 5.10. The third-order valence-corrected chi connectivity index (χ3v) is 7.03. The maximum Gasteiger partial charge on any atom is 0.265 e. The minimum atomic E-state index is -0.914. The number of benzene rings is 1. The number of hydrogen-bond acceptors (Lipinski definition) is 2. The summed E-state index contributed by atoms with van der Waals surface area (Å²) in [5.41, 5.74) is 10.8. The van der Waals surface area contributed by atoms with E-state index in [1.807, 2.05) is 19.9 Å². The highest BCUT2D eigenvalue weighted by molar-refractivity contribution is 5.93. The molecule has 4 nitrogen and oxygen atoms in total. The number of rotatable bonds is 6. The first kappa shape index (κ1) is 20.2. The zero-order chi connectivity index (χ0) is 20.8. The number of nitrogens with two attached hydrogens (primary N) is 1. The smallest absolute Gasteiger partial charge is 0.265 e. The second kappa shape index (κ2) is 7.32. The summed E-state index contributed by atoms with van der Waals surface area (Å²) >= 11 is 0. The van der Waals surface area contributed by atoms with Crippen LogP contribution in [0.15, 0.2) is 24.3 Å². The van der Waals surface area contributed by atoms with Gasteiger partial charge in [-0.3, -0.25) is 4.79 Å². The van der Waals surface area contributed by atoms with Crippen LogP contribution in [0, 0.1) is 5.92 Å². The standard InChI is InChI=1S/C25H34N2O2/c1-24(2,29)18-12-17(13-19(14-18)25(3)9-10-25)20-15-22(23(26)28)27-21(20)11-16-7-5-4-6-8-16/h12-16,27,29H,4-11H2,1-3H3,(H2,26,28). The number of primary amides is 1. The van der Waals surface area contributed by atoms with Crippen molar-refractivity contribution in [3.63, 3.8) is 0 Å². The third-order valence-electron chi connectivity index (χ3n) is 7.03. The minimum absolute atomic E-state index is 0.197. The third kappa shape index (κ3) is 4.28. The van der Waals surface area contributed by atoms with Crippen LogP contribution < -0.4 is 5.73 Å². The molecule has 29 heavy (non-hydrogen) atoms. The largest absolute Gasteiger partial charge is 0.386 e. The summed E-state index contributed by atoms with van der Waals surface area (Å²) in [6, 6.07) is 8.38. The monoisotopic (exact) mass is 394 g/mol. The predicted octanol–water partition coefficient (Wildman–Crippen LogP) is 5.18. The summed E-state index contributed by atoms with van der Waals surface area (Å²) in [4.78, 5) is 15.2. The second-order valence-corrected chi connectivity index (χ2v) is 10.1. The van der Waals surface area contributed by atoms with Gasteiger partial charge in [0.15, 0.2) is 0 Å². The van der Waals surface area contributed by atoms with E-state index in [-0.39, 0.29) is 5.41 Å². The molecule has 0 radical (unpaired) electrons. The van der Waals surface area contributed by atoms with Gasteiger partial charge >= 0.3 is 0 Å². The molecular weight excluding hydrogens is 360 g/mol. The van der Waals surface area contributed by atoms with Gasteiger partial charge < -0.3 is 15.8 Å².